The summed E-state index contributed by atoms with van der Waals surface area (Å²) in [5, 5.41) is 21.3. The minimum absolute atomic E-state index is 0.232. The standard InChI is InChI=1S/C64H60O14/c1-67-53-32-45(33-54(68-2)61(53)75-9)19-15-41-24-42(16-20-46-34-55(69-3)62(76-10)56(35-46)70-4)27-49(26-41)30-51(14-13-23-65)52(40-66)31-50-28-43(17-21-47-36-57(71-5)63(77-11)58(37-47)72-6)25-44(29-50)18-22-48-38-59(73-7)64(78-12)60(39-48)74-8/h24-29,32-39,65-66H,23,30-31,40H2,1-12H3/b52-51-. The molecule has 0 aliphatic carbocycles. The molecule has 0 heterocycles. The van der Waals surface area contributed by atoms with Crippen LogP contribution in [0.1, 0.15) is 55.6 Å². The minimum Gasteiger partial charge on any atom is -0.493 e. The monoisotopic (exact) mass is 1050 g/mol. The fourth-order valence-corrected chi connectivity index (χ4v) is 8.18. The van der Waals surface area contributed by atoms with Gasteiger partial charge in [0.25, 0.3) is 0 Å². The van der Waals surface area contributed by atoms with Crippen molar-refractivity contribution in [1.29, 1.82) is 0 Å². The maximum atomic E-state index is 11.2. The molecule has 14 heteroatoms. The molecule has 14 nitrogen and oxygen atoms in total. The van der Waals surface area contributed by atoms with Crippen LogP contribution in [-0.4, -0.2) is 109 Å². The van der Waals surface area contributed by atoms with Crippen molar-refractivity contribution in [2.75, 3.05) is 98.5 Å². The smallest absolute Gasteiger partial charge is 0.203 e. The van der Waals surface area contributed by atoms with Crippen molar-refractivity contribution in [3.8, 4) is 128 Å². The average molecular weight is 1050 g/mol. The molecule has 0 atom stereocenters. The van der Waals surface area contributed by atoms with Crippen LogP contribution >= 0.6 is 0 Å². The Morgan fingerprint density at radius 2 is 0.538 bits per heavy atom. The lowest BCUT2D eigenvalue weighted by atomic mass is 9.93. The largest absolute Gasteiger partial charge is 0.493 e. The lowest BCUT2D eigenvalue weighted by molar-refractivity contribution is 0.324. The van der Waals surface area contributed by atoms with Crippen LogP contribution in [0.2, 0.25) is 0 Å². The summed E-state index contributed by atoms with van der Waals surface area (Å²) in [6.45, 7) is -0.779. The van der Waals surface area contributed by atoms with Gasteiger partial charge in [0.15, 0.2) is 46.0 Å². The van der Waals surface area contributed by atoms with Crippen molar-refractivity contribution in [3.63, 3.8) is 0 Å². The van der Waals surface area contributed by atoms with Crippen molar-refractivity contribution in [2.24, 2.45) is 0 Å². The van der Waals surface area contributed by atoms with Gasteiger partial charge in [0.05, 0.1) is 91.9 Å². The van der Waals surface area contributed by atoms with Crippen LogP contribution in [0.4, 0.5) is 0 Å². The summed E-state index contributed by atoms with van der Waals surface area (Å²) in [6.07, 6.45) is 0.467. The fourth-order valence-electron chi connectivity index (χ4n) is 8.18. The molecule has 6 aromatic carbocycles. The quantitative estimate of drug-likeness (QED) is 0.0841. The molecule has 0 aromatic heterocycles. The molecule has 0 fully saturated rings. The molecule has 0 amide bonds. The number of hydrogen-bond acceptors (Lipinski definition) is 14. The molecule has 78 heavy (non-hydrogen) atoms. The fraction of sp³-hybridized carbons (Fsp3) is 0.250. The van der Waals surface area contributed by atoms with Crippen LogP contribution < -0.4 is 56.8 Å². The zero-order valence-corrected chi connectivity index (χ0v) is 45.7. The third-order valence-electron chi connectivity index (χ3n) is 11.8. The van der Waals surface area contributed by atoms with E-state index in [4.69, 9.17) is 56.8 Å². The van der Waals surface area contributed by atoms with Gasteiger partial charge in [-0.15, -0.1) is 0 Å². The molecular formula is C64H60O14. The molecule has 0 aliphatic heterocycles. The highest BCUT2D eigenvalue weighted by atomic mass is 16.5. The summed E-state index contributed by atoms with van der Waals surface area (Å²) in [4.78, 5) is 0. The van der Waals surface area contributed by atoms with E-state index in [1.54, 1.807) is 105 Å². The Balaban J connectivity index is 1.51. The Bertz CT molecular complexity index is 3210. The van der Waals surface area contributed by atoms with E-state index < -0.39 is 6.61 Å². The molecule has 0 radical (unpaired) electrons. The number of rotatable bonds is 17. The molecule has 0 saturated heterocycles. The number of aliphatic hydroxyl groups is 2. The molecule has 6 aromatic rings. The van der Waals surface area contributed by atoms with Gasteiger partial charge in [-0.2, -0.15) is 0 Å². The molecule has 0 unspecified atom stereocenters. The topological polar surface area (TPSA) is 151 Å². The first-order valence-corrected chi connectivity index (χ1v) is 23.9. The van der Waals surface area contributed by atoms with Crippen LogP contribution in [0.15, 0.2) is 96.1 Å². The lowest BCUT2D eigenvalue weighted by Gasteiger charge is -2.13. The van der Waals surface area contributed by atoms with Crippen LogP contribution in [-0.2, 0) is 12.8 Å². The Morgan fingerprint density at radius 1 is 0.308 bits per heavy atom. The van der Waals surface area contributed by atoms with Gasteiger partial charge in [-0.1, -0.05) is 59.2 Å². The minimum atomic E-state index is -0.416. The predicted octanol–water partition coefficient (Wildman–Crippen LogP) is 8.46. The van der Waals surface area contributed by atoms with Gasteiger partial charge < -0.3 is 67.1 Å². The highest BCUT2D eigenvalue weighted by Crippen LogP contribution is 2.41. The number of ether oxygens (including phenoxy) is 12. The summed E-state index contributed by atoms with van der Waals surface area (Å²) in [5.74, 6) is 37.5. The summed E-state index contributed by atoms with van der Waals surface area (Å²) in [6, 6.07) is 25.6. The summed E-state index contributed by atoms with van der Waals surface area (Å²) >= 11 is 0. The van der Waals surface area contributed by atoms with E-state index in [-0.39, 0.29) is 19.4 Å². The molecule has 6 rings (SSSR count). The number of methoxy groups -OCH3 is 12. The first kappa shape index (κ1) is 57.7. The molecule has 0 bridgehead atoms. The molecule has 0 saturated carbocycles. The van der Waals surface area contributed by atoms with Crippen molar-refractivity contribution in [3.05, 3.63) is 152 Å². The maximum Gasteiger partial charge on any atom is 0.203 e. The second kappa shape index (κ2) is 28.3. The maximum absolute atomic E-state index is 11.2. The zero-order chi connectivity index (χ0) is 56.1. The Hall–Kier alpha value is -9.62. The molecule has 0 spiro atoms. The van der Waals surface area contributed by atoms with Crippen molar-refractivity contribution >= 4 is 0 Å². The predicted molar refractivity (Wildman–Crippen MR) is 298 cm³/mol. The summed E-state index contributed by atoms with van der Waals surface area (Å²) < 4.78 is 66.9. The van der Waals surface area contributed by atoms with Gasteiger partial charge >= 0.3 is 0 Å². The first-order valence-electron chi connectivity index (χ1n) is 23.9. The van der Waals surface area contributed by atoms with E-state index >= 15 is 0 Å². The Labute approximate surface area is 456 Å². The Morgan fingerprint density at radius 3 is 0.744 bits per heavy atom. The molecule has 2 N–H and O–H groups in total. The molecule has 400 valence electrons. The van der Waals surface area contributed by atoms with Gasteiger partial charge in [-0.05, 0) is 108 Å². The first-order chi connectivity index (χ1) is 37.9. The van der Waals surface area contributed by atoms with E-state index in [0.29, 0.717) is 125 Å². The van der Waals surface area contributed by atoms with Gasteiger partial charge in [0.1, 0.15) is 6.61 Å². The van der Waals surface area contributed by atoms with Crippen molar-refractivity contribution in [2.45, 2.75) is 12.8 Å². The van der Waals surface area contributed by atoms with Crippen LogP contribution in [0.5, 0.6) is 69.0 Å². The second-order valence-corrected chi connectivity index (χ2v) is 16.5. The van der Waals surface area contributed by atoms with Crippen molar-refractivity contribution < 1.29 is 67.1 Å². The van der Waals surface area contributed by atoms with Gasteiger partial charge in [0.2, 0.25) is 23.0 Å². The van der Waals surface area contributed by atoms with Gasteiger partial charge in [-0.25, -0.2) is 0 Å². The molecular weight excluding hydrogens is 993 g/mol. The normalized spacial score (nSPS) is 10.3. The van der Waals surface area contributed by atoms with Crippen LogP contribution in [0.3, 0.4) is 0 Å². The van der Waals surface area contributed by atoms with E-state index in [2.05, 4.69) is 59.2 Å². The van der Waals surface area contributed by atoms with E-state index in [1.165, 1.54) is 28.4 Å². The van der Waals surface area contributed by atoms with Crippen LogP contribution in [0, 0.1) is 59.2 Å². The SMILES string of the molecule is COc1cc(C#Cc2cc(C#Cc3cc(OC)c(OC)c(OC)c3)cc(C/C(C#CCO)=C(\CO)Cc3cc(C#Cc4cc(OC)c(OC)c(OC)c4)cc(C#Cc4cc(OC)c(OC)c(OC)c4)c3)c2)cc(OC)c1OC. The van der Waals surface area contributed by atoms with E-state index in [9.17, 15) is 10.2 Å². The van der Waals surface area contributed by atoms with Gasteiger partial charge in [0, 0.05) is 56.5 Å². The van der Waals surface area contributed by atoms with E-state index in [0.717, 1.165) is 11.1 Å². The third-order valence-corrected chi connectivity index (χ3v) is 11.8. The summed E-state index contributed by atoms with van der Waals surface area (Å²) in [7, 11) is 18.5. The number of aliphatic hydroxyl groups excluding tert-OH is 2. The Kier molecular flexibility index (Phi) is 20.9. The van der Waals surface area contributed by atoms with Crippen molar-refractivity contribution in [1.82, 2.24) is 0 Å². The molecule has 0 aliphatic rings. The number of benzene rings is 6. The third kappa shape index (κ3) is 14.4. The van der Waals surface area contributed by atoms with E-state index in [1.807, 2.05) is 36.4 Å². The summed E-state index contributed by atoms with van der Waals surface area (Å²) in [5.41, 5.74) is 7.67. The second-order valence-electron chi connectivity index (χ2n) is 16.5. The highest BCUT2D eigenvalue weighted by Gasteiger charge is 2.17. The number of allylic oxidation sites excluding steroid dienone is 1. The average Bonchev–Trinajstić information content (AvgIpc) is 3.48. The van der Waals surface area contributed by atoms with Gasteiger partial charge in [-0.3, -0.25) is 0 Å². The zero-order valence-electron chi connectivity index (χ0n) is 45.7. The number of hydrogen-bond donors (Lipinski definition) is 2. The highest BCUT2D eigenvalue weighted by molar-refractivity contribution is 5.63. The lowest BCUT2D eigenvalue weighted by Crippen LogP contribution is -2.04. The van der Waals surface area contributed by atoms with Crippen LogP contribution in [0.25, 0.3) is 0 Å².